The Hall–Kier alpha value is -1.90. The summed E-state index contributed by atoms with van der Waals surface area (Å²) in [4.78, 5) is 10.9. The molecule has 1 aromatic heterocycles. The largest absolute Gasteiger partial charge is 0.298 e. The Morgan fingerprint density at radius 1 is 1.31 bits per heavy atom. The first-order valence-corrected chi connectivity index (χ1v) is 5.31. The average Bonchev–Trinajstić information content (AvgIpc) is 2.78. The van der Waals surface area contributed by atoms with E-state index < -0.39 is 0 Å². The summed E-state index contributed by atoms with van der Waals surface area (Å²) in [5, 5.41) is 4.27. The number of benzene rings is 1. The van der Waals surface area contributed by atoms with Crippen LogP contribution in [0.15, 0.2) is 36.7 Å². The topological polar surface area (TPSA) is 34.9 Å². The zero-order chi connectivity index (χ0) is 11.5. The van der Waals surface area contributed by atoms with Gasteiger partial charge in [-0.2, -0.15) is 5.10 Å². The molecule has 0 aliphatic carbocycles. The number of carbonyl (C=O) groups is 1. The predicted molar refractivity (Wildman–Crippen MR) is 63.0 cm³/mol. The van der Waals surface area contributed by atoms with E-state index in [1.807, 2.05) is 30.6 Å². The molecule has 0 saturated carbocycles. The third-order valence-corrected chi connectivity index (χ3v) is 2.58. The lowest BCUT2D eigenvalue weighted by Crippen LogP contribution is -1.98. The van der Waals surface area contributed by atoms with Gasteiger partial charge in [-0.05, 0) is 23.6 Å². The van der Waals surface area contributed by atoms with E-state index >= 15 is 0 Å². The van der Waals surface area contributed by atoms with Gasteiger partial charge < -0.3 is 0 Å². The molecule has 1 heterocycles. The van der Waals surface area contributed by atoms with Crippen molar-refractivity contribution in [3.8, 4) is 5.69 Å². The molecule has 0 bridgehead atoms. The first-order chi connectivity index (χ1) is 7.72. The number of hydrogen-bond acceptors (Lipinski definition) is 2. The molecule has 0 spiro atoms. The number of nitrogens with zero attached hydrogens (tertiary/aromatic N) is 2. The van der Waals surface area contributed by atoms with Gasteiger partial charge in [0.25, 0.3) is 0 Å². The third kappa shape index (κ3) is 1.89. The maximum Gasteiger partial charge on any atom is 0.152 e. The van der Waals surface area contributed by atoms with E-state index in [9.17, 15) is 4.79 Å². The molecule has 0 fully saturated rings. The van der Waals surface area contributed by atoms with Crippen molar-refractivity contribution in [2.24, 2.45) is 0 Å². The fourth-order valence-electron chi connectivity index (χ4n) is 1.56. The summed E-state index contributed by atoms with van der Waals surface area (Å²) in [6.45, 7) is 4.24. The van der Waals surface area contributed by atoms with Crippen LogP contribution in [0.2, 0.25) is 0 Å². The molecule has 0 radical (unpaired) electrons. The first kappa shape index (κ1) is 10.6. The van der Waals surface area contributed by atoms with Gasteiger partial charge in [0.1, 0.15) is 0 Å². The van der Waals surface area contributed by atoms with Crippen molar-refractivity contribution >= 4 is 6.29 Å². The lowest BCUT2D eigenvalue weighted by molar-refractivity contribution is 0.112. The van der Waals surface area contributed by atoms with Gasteiger partial charge in [-0.3, -0.25) is 4.79 Å². The number of aromatic nitrogens is 2. The molecule has 0 amide bonds. The van der Waals surface area contributed by atoms with E-state index in [2.05, 4.69) is 18.9 Å². The highest BCUT2D eigenvalue weighted by molar-refractivity contribution is 5.80. The number of hydrogen-bond donors (Lipinski definition) is 0. The fraction of sp³-hybridized carbons (Fsp3) is 0.231. The van der Waals surface area contributed by atoms with Gasteiger partial charge >= 0.3 is 0 Å². The summed E-state index contributed by atoms with van der Waals surface area (Å²) in [6.07, 6.45) is 4.66. The summed E-state index contributed by atoms with van der Waals surface area (Å²) < 4.78 is 1.75. The molecule has 0 aliphatic rings. The van der Waals surface area contributed by atoms with Gasteiger partial charge in [0.2, 0.25) is 0 Å². The van der Waals surface area contributed by atoms with Crippen LogP contribution in [0.3, 0.4) is 0 Å². The number of para-hydroxylation sites is 1. The van der Waals surface area contributed by atoms with E-state index in [0.29, 0.717) is 11.5 Å². The van der Waals surface area contributed by atoms with Crippen LogP contribution in [0.4, 0.5) is 0 Å². The minimum absolute atomic E-state index is 0.442. The Labute approximate surface area is 94.7 Å². The maximum atomic E-state index is 10.9. The van der Waals surface area contributed by atoms with Crippen LogP contribution in [0.1, 0.15) is 35.7 Å². The van der Waals surface area contributed by atoms with Crippen LogP contribution >= 0.6 is 0 Å². The van der Waals surface area contributed by atoms with Crippen LogP contribution in [0, 0.1) is 0 Å². The highest BCUT2D eigenvalue weighted by Gasteiger charge is 2.06. The smallest absolute Gasteiger partial charge is 0.152 e. The maximum absolute atomic E-state index is 10.9. The molecule has 0 aliphatic heterocycles. The van der Waals surface area contributed by atoms with E-state index in [-0.39, 0.29) is 0 Å². The van der Waals surface area contributed by atoms with Crippen LogP contribution in [-0.2, 0) is 0 Å². The summed E-state index contributed by atoms with van der Waals surface area (Å²) in [6, 6.07) is 7.43. The standard InChI is InChI=1S/C13H14N2O/c1-10(2)12-7-14-15(8-12)13-6-4-3-5-11(13)9-16/h3-10H,1-2H3. The minimum Gasteiger partial charge on any atom is -0.298 e. The lowest BCUT2D eigenvalue weighted by atomic mass is 10.1. The molecule has 82 valence electrons. The van der Waals surface area contributed by atoms with E-state index in [0.717, 1.165) is 12.0 Å². The van der Waals surface area contributed by atoms with E-state index in [4.69, 9.17) is 0 Å². The second kappa shape index (κ2) is 4.31. The quantitative estimate of drug-likeness (QED) is 0.736. The number of carbonyl (C=O) groups excluding carboxylic acids is 1. The first-order valence-electron chi connectivity index (χ1n) is 5.31. The van der Waals surface area contributed by atoms with Crippen LogP contribution in [0.5, 0.6) is 0 Å². The second-order valence-electron chi connectivity index (χ2n) is 4.05. The summed E-state index contributed by atoms with van der Waals surface area (Å²) >= 11 is 0. The van der Waals surface area contributed by atoms with Gasteiger partial charge in [0, 0.05) is 11.8 Å². The molecule has 1 aromatic carbocycles. The van der Waals surface area contributed by atoms with Crippen molar-refractivity contribution in [2.45, 2.75) is 19.8 Å². The molecule has 2 rings (SSSR count). The van der Waals surface area contributed by atoms with Crippen molar-refractivity contribution in [1.29, 1.82) is 0 Å². The highest BCUT2D eigenvalue weighted by Crippen LogP contribution is 2.17. The summed E-state index contributed by atoms with van der Waals surface area (Å²) in [5.41, 5.74) is 2.64. The van der Waals surface area contributed by atoms with Gasteiger partial charge in [0.15, 0.2) is 6.29 Å². The molecule has 3 heteroatoms. The van der Waals surface area contributed by atoms with Crippen molar-refractivity contribution < 1.29 is 4.79 Å². The molecule has 0 atom stereocenters. The average molecular weight is 214 g/mol. The normalized spacial score (nSPS) is 10.7. The number of rotatable bonds is 3. The van der Waals surface area contributed by atoms with Crippen molar-refractivity contribution in [3.63, 3.8) is 0 Å². The SMILES string of the molecule is CC(C)c1cnn(-c2ccccc2C=O)c1. The van der Waals surface area contributed by atoms with E-state index in [1.54, 1.807) is 10.7 Å². The molecular weight excluding hydrogens is 200 g/mol. The molecular formula is C13H14N2O. The van der Waals surface area contributed by atoms with Crippen molar-refractivity contribution in [3.05, 3.63) is 47.8 Å². The Morgan fingerprint density at radius 2 is 2.06 bits per heavy atom. The Kier molecular flexibility index (Phi) is 2.86. The van der Waals surface area contributed by atoms with Gasteiger partial charge in [0.05, 0.1) is 11.9 Å². The zero-order valence-corrected chi connectivity index (χ0v) is 9.42. The molecule has 0 saturated heterocycles. The summed E-state index contributed by atoms with van der Waals surface area (Å²) in [7, 11) is 0. The van der Waals surface area contributed by atoms with Gasteiger partial charge in [-0.15, -0.1) is 0 Å². The lowest BCUT2D eigenvalue weighted by Gasteiger charge is -2.04. The molecule has 16 heavy (non-hydrogen) atoms. The molecule has 0 unspecified atom stereocenters. The van der Waals surface area contributed by atoms with Crippen molar-refractivity contribution in [1.82, 2.24) is 9.78 Å². The Morgan fingerprint density at radius 3 is 2.69 bits per heavy atom. The van der Waals surface area contributed by atoms with Crippen LogP contribution in [0.25, 0.3) is 5.69 Å². The molecule has 2 aromatic rings. The fourth-order valence-corrected chi connectivity index (χ4v) is 1.56. The second-order valence-corrected chi connectivity index (χ2v) is 4.05. The highest BCUT2D eigenvalue weighted by atomic mass is 16.1. The molecule has 3 nitrogen and oxygen atoms in total. The third-order valence-electron chi connectivity index (χ3n) is 2.58. The van der Waals surface area contributed by atoms with Crippen LogP contribution < -0.4 is 0 Å². The van der Waals surface area contributed by atoms with Gasteiger partial charge in [-0.25, -0.2) is 4.68 Å². The molecule has 0 N–H and O–H groups in total. The number of aldehydes is 1. The summed E-state index contributed by atoms with van der Waals surface area (Å²) in [5.74, 6) is 0.442. The zero-order valence-electron chi connectivity index (χ0n) is 9.42. The van der Waals surface area contributed by atoms with Crippen molar-refractivity contribution in [2.75, 3.05) is 0 Å². The van der Waals surface area contributed by atoms with Gasteiger partial charge in [-0.1, -0.05) is 26.0 Å². The Balaban J connectivity index is 2.46. The monoisotopic (exact) mass is 214 g/mol. The predicted octanol–water partition coefficient (Wildman–Crippen LogP) is 2.81. The van der Waals surface area contributed by atoms with Crippen LogP contribution in [-0.4, -0.2) is 16.1 Å². The Bertz CT molecular complexity index is 500. The minimum atomic E-state index is 0.442. The van der Waals surface area contributed by atoms with E-state index in [1.165, 1.54) is 5.56 Å².